The Hall–Kier alpha value is -1.51. The molecule has 0 saturated heterocycles. The standard InChI is InChI=1S/C17H27NO2/c1-3-4-7-14-18-17(19)9-6-5-8-15-10-12-16(20-2)13-11-15/h10-13H,3-9,14H2,1-2H3,(H,18,19). The summed E-state index contributed by atoms with van der Waals surface area (Å²) >= 11 is 0. The molecule has 0 spiro atoms. The molecule has 3 nitrogen and oxygen atoms in total. The van der Waals surface area contributed by atoms with Crippen molar-refractivity contribution in [1.29, 1.82) is 0 Å². The highest BCUT2D eigenvalue weighted by atomic mass is 16.5. The van der Waals surface area contributed by atoms with Gasteiger partial charge in [0, 0.05) is 13.0 Å². The van der Waals surface area contributed by atoms with Crippen LogP contribution in [0.2, 0.25) is 0 Å². The van der Waals surface area contributed by atoms with E-state index in [1.54, 1.807) is 7.11 Å². The van der Waals surface area contributed by atoms with Crippen molar-refractivity contribution in [2.75, 3.05) is 13.7 Å². The molecule has 0 heterocycles. The number of hydrogen-bond acceptors (Lipinski definition) is 2. The summed E-state index contributed by atoms with van der Waals surface area (Å²) in [6.07, 6.45) is 7.14. The molecule has 0 atom stereocenters. The van der Waals surface area contributed by atoms with E-state index in [0.29, 0.717) is 6.42 Å². The first kappa shape index (κ1) is 16.5. The molecule has 1 N–H and O–H groups in total. The van der Waals surface area contributed by atoms with Crippen molar-refractivity contribution in [2.24, 2.45) is 0 Å². The number of nitrogens with one attached hydrogen (secondary N) is 1. The van der Waals surface area contributed by atoms with Gasteiger partial charge >= 0.3 is 0 Å². The van der Waals surface area contributed by atoms with E-state index in [1.807, 2.05) is 12.1 Å². The van der Waals surface area contributed by atoms with Gasteiger partial charge in [-0.3, -0.25) is 4.79 Å². The Morgan fingerprint density at radius 1 is 1.10 bits per heavy atom. The Morgan fingerprint density at radius 3 is 2.50 bits per heavy atom. The summed E-state index contributed by atoms with van der Waals surface area (Å²) in [4.78, 5) is 11.6. The highest BCUT2D eigenvalue weighted by molar-refractivity contribution is 5.75. The van der Waals surface area contributed by atoms with Gasteiger partial charge in [-0.25, -0.2) is 0 Å². The summed E-state index contributed by atoms with van der Waals surface area (Å²) in [6.45, 7) is 2.99. The summed E-state index contributed by atoms with van der Waals surface area (Å²) in [6, 6.07) is 8.14. The van der Waals surface area contributed by atoms with Crippen LogP contribution < -0.4 is 10.1 Å². The molecule has 0 aliphatic carbocycles. The summed E-state index contributed by atoms with van der Waals surface area (Å²) in [5.41, 5.74) is 1.30. The first-order valence-electron chi connectivity index (χ1n) is 7.66. The van der Waals surface area contributed by atoms with Gasteiger partial charge in [0.2, 0.25) is 5.91 Å². The van der Waals surface area contributed by atoms with Gasteiger partial charge in [0.25, 0.3) is 0 Å². The first-order valence-corrected chi connectivity index (χ1v) is 7.66. The molecule has 0 bridgehead atoms. The Balaban J connectivity index is 2.07. The predicted octanol–water partition coefficient (Wildman–Crippen LogP) is 3.71. The number of carbonyl (C=O) groups excluding carboxylic acids is 1. The quantitative estimate of drug-likeness (QED) is 0.662. The summed E-state index contributed by atoms with van der Waals surface area (Å²) in [5.74, 6) is 1.08. The Bertz CT molecular complexity index is 373. The highest BCUT2D eigenvalue weighted by Gasteiger charge is 2.01. The van der Waals surface area contributed by atoms with Crippen LogP contribution in [0.4, 0.5) is 0 Å². The van der Waals surface area contributed by atoms with Crippen LogP contribution in [0, 0.1) is 0 Å². The van der Waals surface area contributed by atoms with Gasteiger partial charge in [-0.1, -0.05) is 31.9 Å². The number of methoxy groups -OCH3 is 1. The van der Waals surface area contributed by atoms with Crippen LogP contribution in [0.5, 0.6) is 5.75 Å². The number of ether oxygens (including phenoxy) is 1. The monoisotopic (exact) mass is 277 g/mol. The normalized spacial score (nSPS) is 10.3. The second-order valence-corrected chi connectivity index (χ2v) is 5.11. The van der Waals surface area contributed by atoms with Crippen LogP contribution in [-0.4, -0.2) is 19.6 Å². The fourth-order valence-electron chi connectivity index (χ4n) is 2.10. The van der Waals surface area contributed by atoms with Crippen LogP contribution in [-0.2, 0) is 11.2 Å². The number of benzene rings is 1. The van der Waals surface area contributed by atoms with E-state index in [2.05, 4.69) is 24.4 Å². The molecule has 0 aliphatic heterocycles. The third-order valence-electron chi connectivity index (χ3n) is 3.38. The lowest BCUT2D eigenvalue weighted by Gasteiger charge is -2.05. The molecule has 1 aromatic carbocycles. The van der Waals surface area contributed by atoms with E-state index in [-0.39, 0.29) is 5.91 Å². The first-order chi connectivity index (χ1) is 9.76. The van der Waals surface area contributed by atoms with E-state index in [0.717, 1.165) is 38.0 Å². The van der Waals surface area contributed by atoms with Crippen molar-refractivity contribution in [3.05, 3.63) is 29.8 Å². The average Bonchev–Trinajstić information content (AvgIpc) is 2.49. The fraction of sp³-hybridized carbons (Fsp3) is 0.588. The van der Waals surface area contributed by atoms with Crippen molar-refractivity contribution in [1.82, 2.24) is 5.32 Å². The van der Waals surface area contributed by atoms with Crippen molar-refractivity contribution in [3.63, 3.8) is 0 Å². The molecular weight excluding hydrogens is 250 g/mol. The van der Waals surface area contributed by atoms with Crippen molar-refractivity contribution < 1.29 is 9.53 Å². The lowest BCUT2D eigenvalue weighted by atomic mass is 10.1. The van der Waals surface area contributed by atoms with Crippen LogP contribution in [0.1, 0.15) is 51.0 Å². The average molecular weight is 277 g/mol. The SMILES string of the molecule is CCCCCNC(=O)CCCCc1ccc(OC)cc1. The number of hydrogen-bond donors (Lipinski definition) is 1. The number of rotatable bonds is 10. The van der Waals surface area contributed by atoms with E-state index >= 15 is 0 Å². The fourth-order valence-corrected chi connectivity index (χ4v) is 2.10. The molecule has 0 aromatic heterocycles. The van der Waals surface area contributed by atoms with E-state index in [9.17, 15) is 4.79 Å². The summed E-state index contributed by atoms with van der Waals surface area (Å²) in [5, 5.41) is 2.98. The number of unbranched alkanes of at least 4 members (excludes halogenated alkanes) is 3. The Kier molecular flexibility index (Phi) is 8.52. The molecule has 0 unspecified atom stereocenters. The predicted molar refractivity (Wildman–Crippen MR) is 83.1 cm³/mol. The lowest BCUT2D eigenvalue weighted by Crippen LogP contribution is -2.23. The second kappa shape index (κ2) is 10.3. The molecule has 3 heteroatoms. The van der Waals surface area contributed by atoms with Gasteiger partial charge in [-0.2, -0.15) is 0 Å². The molecule has 0 aliphatic rings. The molecule has 1 aromatic rings. The zero-order valence-corrected chi connectivity index (χ0v) is 12.8. The molecule has 1 rings (SSSR count). The van der Waals surface area contributed by atoms with Gasteiger partial charge in [0.15, 0.2) is 0 Å². The molecule has 0 radical (unpaired) electrons. The lowest BCUT2D eigenvalue weighted by molar-refractivity contribution is -0.121. The Morgan fingerprint density at radius 2 is 1.85 bits per heavy atom. The summed E-state index contributed by atoms with van der Waals surface area (Å²) < 4.78 is 5.13. The minimum absolute atomic E-state index is 0.191. The maximum absolute atomic E-state index is 11.6. The Labute approximate surface area is 122 Å². The molecule has 0 saturated carbocycles. The molecule has 0 fully saturated rings. The molecule has 112 valence electrons. The second-order valence-electron chi connectivity index (χ2n) is 5.11. The zero-order chi connectivity index (χ0) is 14.6. The molecule has 20 heavy (non-hydrogen) atoms. The third-order valence-corrected chi connectivity index (χ3v) is 3.38. The van der Waals surface area contributed by atoms with Crippen LogP contribution >= 0.6 is 0 Å². The van der Waals surface area contributed by atoms with Gasteiger partial charge in [-0.15, -0.1) is 0 Å². The van der Waals surface area contributed by atoms with Crippen molar-refractivity contribution in [2.45, 2.75) is 51.9 Å². The van der Waals surface area contributed by atoms with E-state index in [4.69, 9.17) is 4.74 Å². The maximum Gasteiger partial charge on any atom is 0.219 e. The zero-order valence-electron chi connectivity index (χ0n) is 12.8. The van der Waals surface area contributed by atoms with E-state index < -0.39 is 0 Å². The van der Waals surface area contributed by atoms with E-state index in [1.165, 1.54) is 18.4 Å². The van der Waals surface area contributed by atoms with Gasteiger partial charge in [0.05, 0.1) is 7.11 Å². The van der Waals surface area contributed by atoms with Gasteiger partial charge in [0.1, 0.15) is 5.75 Å². The highest BCUT2D eigenvalue weighted by Crippen LogP contribution is 2.13. The summed E-state index contributed by atoms with van der Waals surface area (Å²) in [7, 11) is 1.67. The van der Waals surface area contributed by atoms with Gasteiger partial charge in [-0.05, 0) is 43.4 Å². The van der Waals surface area contributed by atoms with Crippen molar-refractivity contribution in [3.8, 4) is 5.75 Å². The molecular formula is C17H27NO2. The largest absolute Gasteiger partial charge is 0.497 e. The topological polar surface area (TPSA) is 38.3 Å². The molecule has 1 amide bonds. The number of amides is 1. The smallest absolute Gasteiger partial charge is 0.219 e. The maximum atomic E-state index is 11.6. The van der Waals surface area contributed by atoms with Crippen LogP contribution in [0.3, 0.4) is 0 Å². The van der Waals surface area contributed by atoms with Crippen molar-refractivity contribution >= 4 is 5.91 Å². The number of aryl methyl sites for hydroxylation is 1. The van der Waals surface area contributed by atoms with Crippen LogP contribution in [0.15, 0.2) is 24.3 Å². The minimum Gasteiger partial charge on any atom is -0.497 e. The minimum atomic E-state index is 0.191. The van der Waals surface area contributed by atoms with Gasteiger partial charge < -0.3 is 10.1 Å². The van der Waals surface area contributed by atoms with Crippen LogP contribution in [0.25, 0.3) is 0 Å². The third kappa shape index (κ3) is 7.17. The number of carbonyl (C=O) groups is 1.